The molecule has 0 aromatic heterocycles. The molecular formula is C15H24N2O4. The Balaban J connectivity index is 1.50. The average molecular weight is 296 g/mol. The van der Waals surface area contributed by atoms with Crippen LogP contribution in [0.3, 0.4) is 0 Å². The van der Waals surface area contributed by atoms with E-state index in [2.05, 4.69) is 0 Å². The minimum Gasteiger partial charge on any atom is -0.368 e. The van der Waals surface area contributed by atoms with E-state index < -0.39 is 11.7 Å². The van der Waals surface area contributed by atoms with Crippen LogP contribution in [0.5, 0.6) is 0 Å². The van der Waals surface area contributed by atoms with Gasteiger partial charge in [-0.15, -0.1) is 0 Å². The summed E-state index contributed by atoms with van der Waals surface area (Å²) in [5.74, 6) is 0.211. The van der Waals surface area contributed by atoms with Crippen LogP contribution in [0.15, 0.2) is 0 Å². The summed E-state index contributed by atoms with van der Waals surface area (Å²) in [6, 6.07) is 0. The van der Waals surface area contributed by atoms with Crippen molar-refractivity contribution < 1.29 is 19.1 Å². The molecule has 2 atom stereocenters. The molecule has 1 aliphatic carbocycles. The van der Waals surface area contributed by atoms with Crippen molar-refractivity contribution in [1.82, 2.24) is 4.90 Å². The van der Waals surface area contributed by atoms with E-state index in [0.29, 0.717) is 5.92 Å². The van der Waals surface area contributed by atoms with E-state index >= 15 is 0 Å². The van der Waals surface area contributed by atoms with Crippen molar-refractivity contribution in [3.8, 4) is 0 Å². The summed E-state index contributed by atoms with van der Waals surface area (Å²) in [5, 5.41) is 0. The highest BCUT2D eigenvalue weighted by molar-refractivity contribution is 5.88. The molecule has 2 heterocycles. The topological polar surface area (TPSA) is 81.9 Å². The fraction of sp³-hybridized carbons (Fsp3) is 0.867. The number of methoxy groups -OCH3 is 1. The number of amides is 2. The van der Waals surface area contributed by atoms with Gasteiger partial charge in [-0.1, -0.05) is 0 Å². The van der Waals surface area contributed by atoms with Gasteiger partial charge in [0, 0.05) is 20.2 Å². The molecule has 2 N–H and O–H groups in total. The molecule has 0 spiro atoms. The maximum Gasteiger partial charge on any atom is 0.254 e. The number of likely N-dealkylation sites (tertiary alicyclic amines) is 1. The first kappa shape index (κ1) is 14.8. The SMILES string of the molecule is COC1(C(=O)N2CCC([C@@H]3CC[C@H](C(N)=O)O3)CC2)CC1. The van der Waals surface area contributed by atoms with Gasteiger partial charge in [-0.25, -0.2) is 0 Å². The van der Waals surface area contributed by atoms with Gasteiger partial charge >= 0.3 is 0 Å². The highest BCUT2D eigenvalue weighted by Crippen LogP contribution is 2.41. The molecule has 0 bridgehead atoms. The fourth-order valence-corrected chi connectivity index (χ4v) is 3.60. The Kier molecular flexibility index (Phi) is 3.92. The number of ether oxygens (including phenoxy) is 2. The summed E-state index contributed by atoms with van der Waals surface area (Å²) in [4.78, 5) is 25.5. The number of hydrogen-bond acceptors (Lipinski definition) is 4. The zero-order valence-corrected chi connectivity index (χ0v) is 12.5. The van der Waals surface area contributed by atoms with E-state index in [1.807, 2.05) is 4.90 Å². The minimum atomic E-state index is -0.520. The molecule has 6 heteroatoms. The van der Waals surface area contributed by atoms with Crippen molar-refractivity contribution >= 4 is 11.8 Å². The molecule has 21 heavy (non-hydrogen) atoms. The Morgan fingerprint density at radius 3 is 2.33 bits per heavy atom. The Bertz CT molecular complexity index is 427. The van der Waals surface area contributed by atoms with Crippen LogP contribution in [0, 0.1) is 5.92 Å². The molecular weight excluding hydrogens is 272 g/mol. The predicted octanol–water partition coefficient (Wildman–Crippen LogP) is 0.437. The van der Waals surface area contributed by atoms with Gasteiger partial charge in [0.15, 0.2) is 0 Å². The first-order valence-corrected chi connectivity index (χ1v) is 7.85. The van der Waals surface area contributed by atoms with Gasteiger partial charge in [-0.05, 0) is 44.4 Å². The van der Waals surface area contributed by atoms with Crippen molar-refractivity contribution in [2.75, 3.05) is 20.2 Å². The number of carbonyl (C=O) groups is 2. The van der Waals surface area contributed by atoms with Crippen LogP contribution < -0.4 is 5.73 Å². The molecule has 2 amide bonds. The Morgan fingerprint density at radius 1 is 1.19 bits per heavy atom. The molecule has 1 saturated carbocycles. The highest BCUT2D eigenvalue weighted by Gasteiger charge is 2.53. The zero-order chi connectivity index (χ0) is 15.0. The lowest BCUT2D eigenvalue weighted by atomic mass is 9.89. The Labute approximate surface area is 124 Å². The van der Waals surface area contributed by atoms with E-state index in [1.54, 1.807) is 7.11 Å². The summed E-state index contributed by atoms with van der Waals surface area (Å²) in [5.41, 5.74) is 4.77. The number of hydrogen-bond donors (Lipinski definition) is 1. The molecule has 6 nitrogen and oxygen atoms in total. The molecule has 3 fully saturated rings. The quantitative estimate of drug-likeness (QED) is 0.816. The second-order valence-corrected chi connectivity index (χ2v) is 6.47. The molecule has 2 saturated heterocycles. The standard InChI is InChI=1S/C15H24N2O4/c1-20-15(6-7-15)14(19)17-8-4-10(5-9-17)11-2-3-12(21-11)13(16)18/h10-12H,2-9H2,1H3,(H2,16,18)/t11-,12+/m0/s1. The molecule has 0 radical (unpaired) electrons. The van der Waals surface area contributed by atoms with Crippen molar-refractivity contribution in [3.63, 3.8) is 0 Å². The smallest absolute Gasteiger partial charge is 0.254 e. The first-order valence-electron chi connectivity index (χ1n) is 7.85. The lowest BCUT2D eigenvalue weighted by Crippen LogP contribution is -2.47. The number of piperidine rings is 1. The summed E-state index contributed by atoms with van der Waals surface area (Å²) in [6.07, 6.45) is 4.88. The fourth-order valence-electron chi connectivity index (χ4n) is 3.60. The number of nitrogens with two attached hydrogens (primary N) is 1. The van der Waals surface area contributed by atoms with Gasteiger partial charge in [-0.2, -0.15) is 0 Å². The van der Waals surface area contributed by atoms with Crippen LogP contribution in [0.25, 0.3) is 0 Å². The largest absolute Gasteiger partial charge is 0.368 e. The van der Waals surface area contributed by atoms with E-state index in [0.717, 1.165) is 51.6 Å². The molecule has 0 aromatic carbocycles. The third kappa shape index (κ3) is 2.79. The predicted molar refractivity (Wildman–Crippen MR) is 75.4 cm³/mol. The molecule has 3 aliphatic rings. The van der Waals surface area contributed by atoms with Crippen LogP contribution in [0.2, 0.25) is 0 Å². The van der Waals surface area contributed by atoms with Crippen molar-refractivity contribution in [3.05, 3.63) is 0 Å². The number of primary amides is 1. The van der Waals surface area contributed by atoms with E-state index in [9.17, 15) is 9.59 Å². The van der Waals surface area contributed by atoms with Crippen LogP contribution in [-0.2, 0) is 19.1 Å². The van der Waals surface area contributed by atoms with Gasteiger partial charge in [0.1, 0.15) is 11.7 Å². The van der Waals surface area contributed by atoms with Gasteiger partial charge in [0.2, 0.25) is 5.91 Å². The second kappa shape index (κ2) is 5.57. The summed E-state index contributed by atoms with van der Waals surface area (Å²) in [6.45, 7) is 1.52. The number of nitrogens with zero attached hydrogens (tertiary/aromatic N) is 1. The zero-order valence-electron chi connectivity index (χ0n) is 12.5. The second-order valence-electron chi connectivity index (χ2n) is 6.47. The molecule has 3 rings (SSSR count). The molecule has 0 aromatic rings. The Morgan fingerprint density at radius 2 is 1.86 bits per heavy atom. The first-order chi connectivity index (χ1) is 10.1. The van der Waals surface area contributed by atoms with Gasteiger partial charge in [-0.3, -0.25) is 9.59 Å². The molecule has 118 valence electrons. The summed E-state index contributed by atoms with van der Waals surface area (Å²) in [7, 11) is 1.62. The van der Waals surface area contributed by atoms with Crippen LogP contribution in [-0.4, -0.2) is 54.7 Å². The molecule has 2 aliphatic heterocycles. The van der Waals surface area contributed by atoms with E-state index in [1.165, 1.54) is 0 Å². The molecule has 0 unspecified atom stereocenters. The third-order valence-corrected chi connectivity index (χ3v) is 5.21. The third-order valence-electron chi connectivity index (χ3n) is 5.21. The Hall–Kier alpha value is -1.14. The van der Waals surface area contributed by atoms with Gasteiger partial charge in [0.05, 0.1) is 6.10 Å². The maximum atomic E-state index is 12.4. The van der Waals surface area contributed by atoms with Crippen LogP contribution in [0.4, 0.5) is 0 Å². The van der Waals surface area contributed by atoms with Crippen molar-refractivity contribution in [1.29, 1.82) is 0 Å². The lowest BCUT2D eigenvalue weighted by Gasteiger charge is -2.36. The minimum absolute atomic E-state index is 0.122. The normalized spacial score (nSPS) is 32.1. The average Bonchev–Trinajstić information content (AvgIpc) is 3.14. The highest BCUT2D eigenvalue weighted by atomic mass is 16.5. The van der Waals surface area contributed by atoms with Gasteiger partial charge in [0.25, 0.3) is 5.91 Å². The summed E-state index contributed by atoms with van der Waals surface area (Å²) < 4.78 is 11.1. The van der Waals surface area contributed by atoms with E-state index in [4.69, 9.17) is 15.2 Å². The van der Waals surface area contributed by atoms with Crippen LogP contribution in [0.1, 0.15) is 38.5 Å². The van der Waals surface area contributed by atoms with Crippen molar-refractivity contribution in [2.24, 2.45) is 11.7 Å². The van der Waals surface area contributed by atoms with Crippen molar-refractivity contribution in [2.45, 2.75) is 56.3 Å². The number of rotatable bonds is 4. The summed E-state index contributed by atoms with van der Waals surface area (Å²) >= 11 is 0. The number of carbonyl (C=O) groups excluding carboxylic acids is 2. The maximum absolute atomic E-state index is 12.4. The van der Waals surface area contributed by atoms with E-state index in [-0.39, 0.29) is 17.9 Å². The monoisotopic (exact) mass is 296 g/mol. The lowest BCUT2D eigenvalue weighted by molar-refractivity contribution is -0.147. The van der Waals surface area contributed by atoms with Crippen LogP contribution >= 0.6 is 0 Å². The van der Waals surface area contributed by atoms with Gasteiger partial charge < -0.3 is 20.1 Å².